The molecule has 3 N–H and O–H groups in total. The normalized spacial score (nSPS) is 11.2. The van der Waals surface area contributed by atoms with E-state index in [1.807, 2.05) is 36.9 Å². The molecule has 92 valence electrons. The van der Waals surface area contributed by atoms with E-state index in [4.69, 9.17) is 5.73 Å². The number of aromatic amines is 1. The summed E-state index contributed by atoms with van der Waals surface area (Å²) in [7, 11) is 1.93. The first kappa shape index (κ1) is 11.2. The second-order valence-electron chi connectivity index (χ2n) is 4.20. The smallest absolute Gasteiger partial charge is 0.0987 e. The number of nitrogens with two attached hydrogens (primary N) is 1. The molecule has 1 aromatic carbocycles. The van der Waals surface area contributed by atoms with Crippen LogP contribution in [0.4, 0.5) is 5.69 Å². The van der Waals surface area contributed by atoms with Crippen molar-refractivity contribution in [3.63, 3.8) is 0 Å². The van der Waals surface area contributed by atoms with Crippen molar-refractivity contribution in [2.24, 2.45) is 7.05 Å². The van der Waals surface area contributed by atoms with Crippen LogP contribution in [0.3, 0.4) is 0 Å². The zero-order chi connectivity index (χ0) is 12.7. The van der Waals surface area contributed by atoms with E-state index in [1.54, 1.807) is 18.0 Å². The summed E-state index contributed by atoms with van der Waals surface area (Å²) in [6.07, 6.45) is 1.77. The molecule has 3 aromatic rings. The molecule has 0 atom stereocenters. The Kier molecular flexibility index (Phi) is 2.52. The minimum absolute atomic E-state index is 0.757. The minimum atomic E-state index is 0.757. The Hall–Kier alpha value is -1.95. The Morgan fingerprint density at radius 2 is 2.17 bits per heavy atom. The van der Waals surface area contributed by atoms with Crippen molar-refractivity contribution in [1.29, 1.82) is 0 Å². The molecule has 0 radical (unpaired) electrons. The van der Waals surface area contributed by atoms with Crippen LogP contribution in [-0.2, 0) is 7.05 Å². The number of rotatable bonds is 2. The van der Waals surface area contributed by atoms with Gasteiger partial charge in [0.05, 0.1) is 22.4 Å². The first-order chi connectivity index (χ1) is 8.63. The SMILES string of the molecule is Cc1cc(Sc2cc3[nH]ncc3cc2N)n(C)n1. The van der Waals surface area contributed by atoms with Crippen LogP contribution in [0.5, 0.6) is 0 Å². The molecular formula is C12H13N5S. The molecule has 0 saturated heterocycles. The van der Waals surface area contributed by atoms with E-state index >= 15 is 0 Å². The summed E-state index contributed by atoms with van der Waals surface area (Å²) in [4.78, 5) is 1.01. The standard InChI is InChI=1S/C12H13N5S/c1-7-3-12(17(2)16-7)18-11-5-10-8(4-9(11)13)6-14-15-10/h3-6H,13H2,1-2H3,(H,14,15). The molecule has 0 spiro atoms. The molecule has 18 heavy (non-hydrogen) atoms. The number of anilines is 1. The highest BCUT2D eigenvalue weighted by Gasteiger charge is 2.09. The molecule has 0 amide bonds. The maximum absolute atomic E-state index is 6.06. The number of aromatic nitrogens is 4. The number of benzene rings is 1. The van der Waals surface area contributed by atoms with Crippen LogP contribution in [0.1, 0.15) is 5.69 Å². The number of nitrogen functional groups attached to an aromatic ring is 1. The van der Waals surface area contributed by atoms with Gasteiger partial charge in [0.1, 0.15) is 0 Å². The lowest BCUT2D eigenvalue weighted by Crippen LogP contribution is -1.94. The highest BCUT2D eigenvalue weighted by atomic mass is 32.2. The van der Waals surface area contributed by atoms with Crippen molar-refractivity contribution in [1.82, 2.24) is 20.0 Å². The third-order valence-electron chi connectivity index (χ3n) is 2.74. The first-order valence-corrected chi connectivity index (χ1v) is 6.36. The van der Waals surface area contributed by atoms with Crippen LogP contribution in [0.2, 0.25) is 0 Å². The molecule has 0 saturated carbocycles. The first-order valence-electron chi connectivity index (χ1n) is 5.54. The van der Waals surface area contributed by atoms with Crippen molar-refractivity contribution in [3.05, 3.63) is 30.1 Å². The molecule has 3 rings (SSSR count). The van der Waals surface area contributed by atoms with Gasteiger partial charge in [-0.2, -0.15) is 10.2 Å². The highest BCUT2D eigenvalue weighted by Crippen LogP contribution is 2.34. The Morgan fingerprint density at radius 3 is 2.89 bits per heavy atom. The zero-order valence-electron chi connectivity index (χ0n) is 10.1. The van der Waals surface area contributed by atoms with Gasteiger partial charge < -0.3 is 5.73 Å². The van der Waals surface area contributed by atoms with Crippen molar-refractivity contribution < 1.29 is 0 Å². The monoisotopic (exact) mass is 259 g/mol. The Balaban J connectivity index is 2.03. The predicted molar refractivity (Wildman–Crippen MR) is 72.6 cm³/mol. The summed E-state index contributed by atoms with van der Waals surface area (Å²) >= 11 is 1.61. The summed E-state index contributed by atoms with van der Waals surface area (Å²) in [6, 6.07) is 6.00. The second kappa shape index (κ2) is 4.06. The number of hydrogen-bond donors (Lipinski definition) is 2. The van der Waals surface area contributed by atoms with Gasteiger partial charge in [-0.25, -0.2) is 0 Å². The lowest BCUT2D eigenvalue weighted by molar-refractivity contribution is 0.692. The van der Waals surface area contributed by atoms with Crippen LogP contribution in [-0.4, -0.2) is 20.0 Å². The molecular weight excluding hydrogens is 246 g/mol. The maximum Gasteiger partial charge on any atom is 0.0987 e. The lowest BCUT2D eigenvalue weighted by Gasteiger charge is -2.05. The van der Waals surface area contributed by atoms with Gasteiger partial charge in [-0.1, -0.05) is 11.8 Å². The maximum atomic E-state index is 6.06. The Morgan fingerprint density at radius 1 is 1.33 bits per heavy atom. The van der Waals surface area contributed by atoms with E-state index < -0.39 is 0 Å². The summed E-state index contributed by atoms with van der Waals surface area (Å²) in [6.45, 7) is 1.98. The van der Waals surface area contributed by atoms with Gasteiger partial charge in [0, 0.05) is 23.0 Å². The van der Waals surface area contributed by atoms with Crippen LogP contribution >= 0.6 is 11.8 Å². The summed E-state index contributed by atoms with van der Waals surface area (Å²) < 4.78 is 1.86. The fourth-order valence-electron chi connectivity index (χ4n) is 1.87. The van der Waals surface area contributed by atoms with Gasteiger partial charge in [0.15, 0.2) is 0 Å². The molecule has 6 heteroatoms. The number of nitrogens with one attached hydrogen (secondary N) is 1. The quantitative estimate of drug-likeness (QED) is 0.693. The molecule has 2 aromatic heterocycles. The van der Waals surface area contributed by atoms with Crippen molar-refractivity contribution in [2.45, 2.75) is 16.8 Å². The number of hydrogen-bond acceptors (Lipinski definition) is 4. The Bertz CT molecular complexity index is 712. The lowest BCUT2D eigenvalue weighted by atomic mass is 10.2. The van der Waals surface area contributed by atoms with E-state index in [-0.39, 0.29) is 0 Å². The second-order valence-corrected chi connectivity index (χ2v) is 5.26. The number of nitrogens with zero attached hydrogens (tertiary/aromatic N) is 3. The van der Waals surface area contributed by atoms with E-state index in [2.05, 4.69) is 15.3 Å². The molecule has 0 aliphatic heterocycles. The van der Waals surface area contributed by atoms with Crippen LogP contribution in [0.25, 0.3) is 10.9 Å². The summed E-state index contributed by atoms with van der Waals surface area (Å²) in [5.74, 6) is 0. The van der Waals surface area contributed by atoms with Crippen molar-refractivity contribution in [3.8, 4) is 0 Å². The molecule has 5 nitrogen and oxygen atoms in total. The molecule has 0 unspecified atom stereocenters. The van der Waals surface area contributed by atoms with Gasteiger partial charge in [-0.3, -0.25) is 9.78 Å². The molecule has 0 aliphatic rings. The summed E-state index contributed by atoms with van der Waals surface area (Å²) in [5, 5.41) is 13.4. The molecule has 0 bridgehead atoms. The summed E-state index contributed by atoms with van der Waals surface area (Å²) in [5.41, 5.74) is 8.81. The van der Waals surface area contributed by atoms with Crippen LogP contribution < -0.4 is 5.73 Å². The third-order valence-corrected chi connectivity index (χ3v) is 3.91. The van der Waals surface area contributed by atoms with Crippen molar-refractivity contribution in [2.75, 3.05) is 5.73 Å². The number of aryl methyl sites for hydroxylation is 2. The van der Waals surface area contributed by atoms with Gasteiger partial charge >= 0.3 is 0 Å². The number of fused-ring (bicyclic) bond motifs is 1. The average Bonchev–Trinajstić information content (AvgIpc) is 2.86. The van der Waals surface area contributed by atoms with Crippen molar-refractivity contribution >= 4 is 28.4 Å². The third kappa shape index (κ3) is 1.84. The van der Waals surface area contributed by atoms with Crippen LogP contribution in [0.15, 0.2) is 34.3 Å². The molecule has 2 heterocycles. The topological polar surface area (TPSA) is 72.5 Å². The zero-order valence-corrected chi connectivity index (χ0v) is 11.0. The van der Waals surface area contributed by atoms with E-state index in [1.165, 1.54) is 0 Å². The Labute approximate surface area is 108 Å². The van der Waals surface area contributed by atoms with E-state index in [0.717, 1.165) is 32.2 Å². The predicted octanol–water partition coefficient (Wildman–Crippen LogP) is 2.34. The molecule has 0 fully saturated rings. The number of H-pyrrole nitrogens is 1. The van der Waals surface area contributed by atoms with Crippen LogP contribution in [0, 0.1) is 6.92 Å². The minimum Gasteiger partial charge on any atom is -0.398 e. The van der Waals surface area contributed by atoms with Gasteiger partial charge in [-0.15, -0.1) is 0 Å². The average molecular weight is 259 g/mol. The van der Waals surface area contributed by atoms with E-state index in [0.29, 0.717) is 0 Å². The highest BCUT2D eigenvalue weighted by molar-refractivity contribution is 7.99. The largest absolute Gasteiger partial charge is 0.398 e. The fraction of sp³-hybridized carbons (Fsp3) is 0.167. The molecule has 0 aliphatic carbocycles. The fourth-order valence-corrected chi connectivity index (χ4v) is 2.85. The van der Waals surface area contributed by atoms with Gasteiger partial charge in [-0.05, 0) is 25.1 Å². The van der Waals surface area contributed by atoms with E-state index in [9.17, 15) is 0 Å². The van der Waals surface area contributed by atoms with Gasteiger partial charge in [0.2, 0.25) is 0 Å². The van der Waals surface area contributed by atoms with Gasteiger partial charge in [0.25, 0.3) is 0 Å².